The lowest BCUT2D eigenvalue weighted by Crippen LogP contribution is -2.35. The SMILES string of the molecule is CCOC(=O)N(CCO)CCCCc1ccc(OC)cc1. The number of hydrogen-bond donors (Lipinski definition) is 1. The molecule has 1 aromatic rings. The number of methoxy groups -OCH3 is 1. The van der Waals surface area contributed by atoms with E-state index >= 15 is 0 Å². The Labute approximate surface area is 126 Å². The summed E-state index contributed by atoms with van der Waals surface area (Å²) in [5.41, 5.74) is 1.25. The van der Waals surface area contributed by atoms with E-state index in [9.17, 15) is 4.79 Å². The molecule has 0 atom stereocenters. The van der Waals surface area contributed by atoms with Crippen LogP contribution in [0, 0.1) is 0 Å². The molecule has 21 heavy (non-hydrogen) atoms. The van der Waals surface area contributed by atoms with E-state index in [0.29, 0.717) is 19.7 Å². The summed E-state index contributed by atoms with van der Waals surface area (Å²) in [7, 11) is 1.65. The van der Waals surface area contributed by atoms with Gasteiger partial charge in [-0.25, -0.2) is 4.79 Å². The molecular formula is C16H25NO4. The van der Waals surface area contributed by atoms with Gasteiger partial charge < -0.3 is 19.5 Å². The van der Waals surface area contributed by atoms with E-state index in [1.807, 2.05) is 12.1 Å². The second-order valence-corrected chi connectivity index (χ2v) is 4.71. The number of rotatable bonds is 9. The number of aryl methyl sites for hydroxylation is 1. The molecule has 0 saturated heterocycles. The van der Waals surface area contributed by atoms with Gasteiger partial charge in [-0.3, -0.25) is 0 Å². The van der Waals surface area contributed by atoms with Crippen LogP contribution < -0.4 is 4.74 Å². The maximum atomic E-state index is 11.6. The molecule has 0 aliphatic heterocycles. The first-order chi connectivity index (χ1) is 10.2. The van der Waals surface area contributed by atoms with Gasteiger partial charge in [0.25, 0.3) is 0 Å². The molecule has 5 heteroatoms. The number of aliphatic hydroxyl groups is 1. The van der Waals surface area contributed by atoms with Gasteiger partial charge in [0.05, 0.1) is 20.3 Å². The van der Waals surface area contributed by atoms with E-state index in [4.69, 9.17) is 14.6 Å². The molecule has 5 nitrogen and oxygen atoms in total. The normalized spacial score (nSPS) is 10.2. The lowest BCUT2D eigenvalue weighted by molar-refractivity contribution is 0.0977. The number of unbranched alkanes of at least 4 members (excludes halogenated alkanes) is 1. The van der Waals surface area contributed by atoms with Crippen LogP contribution in [0.15, 0.2) is 24.3 Å². The molecule has 0 bridgehead atoms. The second kappa shape index (κ2) is 10.0. The third kappa shape index (κ3) is 6.49. The Balaban J connectivity index is 2.31. The predicted molar refractivity (Wildman–Crippen MR) is 81.6 cm³/mol. The van der Waals surface area contributed by atoms with Crippen molar-refractivity contribution in [1.29, 1.82) is 0 Å². The Bertz CT molecular complexity index is 405. The zero-order valence-corrected chi connectivity index (χ0v) is 12.9. The molecule has 0 spiro atoms. The van der Waals surface area contributed by atoms with Crippen molar-refractivity contribution in [3.05, 3.63) is 29.8 Å². The number of aliphatic hydroxyl groups excluding tert-OH is 1. The molecular weight excluding hydrogens is 270 g/mol. The van der Waals surface area contributed by atoms with Gasteiger partial charge in [-0.2, -0.15) is 0 Å². The summed E-state index contributed by atoms with van der Waals surface area (Å²) in [5, 5.41) is 8.98. The van der Waals surface area contributed by atoms with Crippen molar-refractivity contribution in [1.82, 2.24) is 4.90 Å². The quantitative estimate of drug-likeness (QED) is 0.711. The number of amides is 1. The van der Waals surface area contributed by atoms with Crippen molar-refractivity contribution < 1.29 is 19.4 Å². The van der Waals surface area contributed by atoms with Gasteiger partial charge in [0.15, 0.2) is 0 Å². The molecule has 1 amide bonds. The van der Waals surface area contributed by atoms with Crippen LogP contribution in [0.3, 0.4) is 0 Å². The van der Waals surface area contributed by atoms with Gasteiger partial charge in [-0.05, 0) is 43.9 Å². The van der Waals surface area contributed by atoms with Gasteiger partial charge in [-0.1, -0.05) is 12.1 Å². The molecule has 0 radical (unpaired) electrons. The van der Waals surface area contributed by atoms with Gasteiger partial charge >= 0.3 is 6.09 Å². The molecule has 1 N–H and O–H groups in total. The minimum Gasteiger partial charge on any atom is -0.497 e. The largest absolute Gasteiger partial charge is 0.497 e. The Morgan fingerprint density at radius 2 is 1.90 bits per heavy atom. The molecule has 0 heterocycles. The highest BCUT2D eigenvalue weighted by Crippen LogP contribution is 2.13. The molecule has 1 rings (SSSR count). The van der Waals surface area contributed by atoms with Crippen molar-refractivity contribution in [3.63, 3.8) is 0 Å². The van der Waals surface area contributed by atoms with Crippen LogP contribution in [-0.2, 0) is 11.2 Å². The van der Waals surface area contributed by atoms with E-state index in [2.05, 4.69) is 12.1 Å². The van der Waals surface area contributed by atoms with Crippen molar-refractivity contribution in [2.24, 2.45) is 0 Å². The first-order valence-electron chi connectivity index (χ1n) is 7.36. The summed E-state index contributed by atoms with van der Waals surface area (Å²) in [5.74, 6) is 0.857. The van der Waals surface area contributed by atoms with Crippen molar-refractivity contribution >= 4 is 6.09 Å². The van der Waals surface area contributed by atoms with Crippen LogP contribution in [0.4, 0.5) is 4.79 Å². The van der Waals surface area contributed by atoms with E-state index in [1.165, 1.54) is 5.56 Å². The van der Waals surface area contributed by atoms with E-state index < -0.39 is 0 Å². The van der Waals surface area contributed by atoms with Crippen LogP contribution in [-0.4, -0.2) is 49.5 Å². The number of benzene rings is 1. The smallest absolute Gasteiger partial charge is 0.409 e. The molecule has 0 saturated carbocycles. The van der Waals surface area contributed by atoms with Crippen LogP contribution in [0.5, 0.6) is 5.75 Å². The van der Waals surface area contributed by atoms with E-state index in [1.54, 1.807) is 18.9 Å². The van der Waals surface area contributed by atoms with Crippen molar-refractivity contribution in [2.45, 2.75) is 26.2 Å². The molecule has 118 valence electrons. The molecule has 0 aromatic heterocycles. The topological polar surface area (TPSA) is 59.0 Å². The molecule has 1 aromatic carbocycles. The minimum atomic E-state index is -0.351. The number of carbonyl (C=O) groups excluding carboxylic acids is 1. The number of nitrogens with zero attached hydrogens (tertiary/aromatic N) is 1. The highest BCUT2D eigenvalue weighted by atomic mass is 16.6. The second-order valence-electron chi connectivity index (χ2n) is 4.71. The Kier molecular flexibility index (Phi) is 8.28. The van der Waals surface area contributed by atoms with Crippen LogP contribution >= 0.6 is 0 Å². The maximum Gasteiger partial charge on any atom is 0.409 e. The summed E-state index contributed by atoms with van der Waals surface area (Å²) in [6.07, 6.45) is 2.47. The first-order valence-corrected chi connectivity index (χ1v) is 7.36. The summed E-state index contributed by atoms with van der Waals surface area (Å²) in [4.78, 5) is 13.2. The van der Waals surface area contributed by atoms with Crippen LogP contribution in [0.25, 0.3) is 0 Å². The third-order valence-corrected chi connectivity index (χ3v) is 3.20. The zero-order valence-electron chi connectivity index (χ0n) is 12.9. The zero-order chi connectivity index (χ0) is 15.5. The predicted octanol–water partition coefficient (Wildman–Crippen LogP) is 2.47. The van der Waals surface area contributed by atoms with Crippen molar-refractivity contribution in [2.75, 3.05) is 33.4 Å². The third-order valence-electron chi connectivity index (χ3n) is 3.20. The monoisotopic (exact) mass is 295 g/mol. The van der Waals surface area contributed by atoms with E-state index in [-0.39, 0.29) is 12.7 Å². The standard InChI is InChI=1S/C16H25NO4/c1-3-21-16(19)17(12-13-18)11-5-4-6-14-7-9-15(20-2)10-8-14/h7-10,18H,3-6,11-13H2,1-2H3. The molecule has 0 aliphatic rings. The average Bonchev–Trinajstić information content (AvgIpc) is 2.51. The van der Waals surface area contributed by atoms with Crippen LogP contribution in [0.1, 0.15) is 25.3 Å². The summed E-state index contributed by atoms with van der Waals surface area (Å²) < 4.78 is 10.1. The fraction of sp³-hybridized carbons (Fsp3) is 0.562. The maximum absolute atomic E-state index is 11.6. The first kappa shape index (κ1) is 17.3. The molecule has 0 aliphatic carbocycles. The fourth-order valence-corrected chi connectivity index (χ4v) is 2.05. The highest BCUT2D eigenvalue weighted by molar-refractivity contribution is 5.67. The summed E-state index contributed by atoms with van der Waals surface area (Å²) in [6, 6.07) is 8.00. The lowest BCUT2D eigenvalue weighted by atomic mass is 10.1. The average molecular weight is 295 g/mol. The Morgan fingerprint density at radius 3 is 2.48 bits per heavy atom. The summed E-state index contributed by atoms with van der Waals surface area (Å²) in [6.45, 7) is 3.01. The van der Waals surface area contributed by atoms with Crippen LogP contribution in [0.2, 0.25) is 0 Å². The van der Waals surface area contributed by atoms with Gasteiger partial charge in [0.1, 0.15) is 5.75 Å². The lowest BCUT2D eigenvalue weighted by Gasteiger charge is -2.20. The minimum absolute atomic E-state index is 0.0444. The van der Waals surface area contributed by atoms with Gasteiger partial charge in [0.2, 0.25) is 0 Å². The summed E-state index contributed by atoms with van der Waals surface area (Å²) >= 11 is 0. The molecule has 0 unspecified atom stereocenters. The van der Waals surface area contributed by atoms with Crippen molar-refractivity contribution in [3.8, 4) is 5.75 Å². The number of ether oxygens (including phenoxy) is 2. The molecule has 0 fully saturated rings. The Hall–Kier alpha value is -1.75. The highest BCUT2D eigenvalue weighted by Gasteiger charge is 2.12. The van der Waals surface area contributed by atoms with Gasteiger partial charge in [-0.15, -0.1) is 0 Å². The fourth-order valence-electron chi connectivity index (χ4n) is 2.05. The Morgan fingerprint density at radius 1 is 1.19 bits per heavy atom. The van der Waals surface area contributed by atoms with Gasteiger partial charge in [0, 0.05) is 13.1 Å². The number of carbonyl (C=O) groups is 1. The number of hydrogen-bond acceptors (Lipinski definition) is 4. The van der Waals surface area contributed by atoms with E-state index in [0.717, 1.165) is 25.0 Å².